The van der Waals surface area contributed by atoms with Crippen LogP contribution in [0.25, 0.3) is 0 Å². The lowest BCUT2D eigenvalue weighted by Crippen LogP contribution is -2.36. The van der Waals surface area contributed by atoms with Gasteiger partial charge >= 0.3 is 0 Å². The molecule has 1 aromatic rings. The zero-order valence-electron chi connectivity index (χ0n) is 11.5. The number of nitrogens with zero attached hydrogens (tertiary/aromatic N) is 3. The summed E-state index contributed by atoms with van der Waals surface area (Å²) in [5, 5.41) is 12.2. The van der Waals surface area contributed by atoms with E-state index in [4.69, 9.17) is 4.74 Å². The first-order valence-electron chi connectivity index (χ1n) is 7.07. The minimum absolute atomic E-state index is 0. The van der Waals surface area contributed by atoms with Crippen molar-refractivity contribution in [3.05, 3.63) is 12.2 Å². The predicted molar refractivity (Wildman–Crippen MR) is 80.9 cm³/mol. The Morgan fingerprint density at radius 3 is 2.70 bits per heavy atom. The van der Waals surface area contributed by atoms with Gasteiger partial charge in [-0.25, -0.2) is 0 Å². The molecule has 1 N–H and O–H groups in total. The van der Waals surface area contributed by atoms with Crippen molar-refractivity contribution in [3.8, 4) is 0 Å². The van der Waals surface area contributed by atoms with Crippen molar-refractivity contribution in [3.63, 3.8) is 0 Å². The van der Waals surface area contributed by atoms with Crippen molar-refractivity contribution in [1.29, 1.82) is 0 Å². The van der Waals surface area contributed by atoms with Gasteiger partial charge in [0.1, 0.15) is 12.2 Å². The molecule has 2 saturated heterocycles. The van der Waals surface area contributed by atoms with Gasteiger partial charge in [0.25, 0.3) is 0 Å². The fourth-order valence-electron chi connectivity index (χ4n) is 3.61. The average molecular weight is 321 g/mol. The second-order valence-corrected chi connectivity index (χ2v) is 5.99. The van der Waals surface area contributed by atoms with Crippen LogP contribution in [0.3, 0.4) is 0 Å². The normalized spacial score (nSPS) is 27.9. The fraction of sp³-hybridized carbons (Fsp3) is 0.846. The van der Waals surface area contributed by atoms with Crippen LogP contribution in [0.2, 0.25) is 0 Å². The number of ether oxygens (including phenoxy) is 1. The third-order valence-electron chi connectivity index (χ3n) is 4.91. The molecule has 114 valence electrons. The predicted octanol–water partition coefficient (Wildman–Crippen LogP) is 1.94. The van der Waals surface area contributed by atoms with Crippen LogP contribution < -0.4 is 5.32 Å². The summed E-state index contributed by atoms with van der Waals surface area (Å²) >= 11 is 0. The molecule has 0 bridgehead atoms. The van der Waals surface area contributed by atoms with Crippen LogP contribution in [-0.4, -0.2) is 41.1 Å². The van der Waals surface area contributed by atoms with E-state index in [1.54, 1.807) is 0 Å². The molecule has 1 aliphatic carbocycles. The average Bonchev–Trinajstić information content (AvgIpc) is 3.01. The Morgan fingerprint density at radius 1 is 1.25 bits per heavy atom. The number of hydrogen-bond acceptors (Lipinski definition) is 4. The zero-order chi connectivity index (χ0) is 12.0. The molecular weight excluding hydrogens is 299 g/mol. The summed E-state index contributed by atoms with van der Waals surface area (Å²) in [4.78, 5) is 0. The van der Waals surface area contributed by atoms with Crippen molar-refractivity contribution in [2.45, 2.75) is 37.6 Å². The molecule has 0 radical (unpaired) electrons. The minimum Gasteiger partial charge on any atom is -0.381 e. The van der Waals surface area contributed by atoms with Gasteiger partial charge in [0, 0.05) is 38.3 Å². The van der Waals surface area contributed by atoms with Gasteiger partial charge in [0.15, 0.2) is 0 Å². The number of hydrogen-bond donors (Lipinski definition) is 1. The van der Waals surface area contributed by atoms with E-state index in [1.165, 1.54) is 18.7 Å². The molecule has 7 heteroatoms. The molecular formula is C13H22Cl2N4O. The zero-order valence-corrected chi connectivity index (χ0v) is 13.1. The molecule has 3 heterocycles. The van der Waals surface area contributed by atoms with Crippen LogP contribution in [0, 0.1) is 5.41 Å². The molecule has 2 aliphatic heterocycles. The van der Waals surface area contributed by atoms with Crippen molar-refractivity contribution < 1.29 is 4.74 Å². The second kappa shape index (κ2) is 6.18. The van der Waals surface area contributed by atoms with Crippen molar-refractivity contribution >= 4 is 24.8 Å². The summed E-state index contributed by atoms with van der Waals surface area (Å²) in [7, 11) is 0. The summed E-state index contributed by atoms with van der Waals surface area (Å²) in [6.45, 7) is 3.95. The number of halogens is 2. The first kappa shape index (κ1) is 16.0. The molecule has 1 aromatic heterocycles. The molecule has 1 saturated carbocycles. The highest BCUT2D eigenvalue weighted by atomic mass is 35.5. The van der Waals surface area contributed by atoms with Gasteiger partial charge in [-0.1, -0.05) is 0 Å². The van der Waals surface area contributed by atoms with E-state index in [-0.39, 0.29) is 24.8 Å². The van der Waals surface area contributed by atoms with Crippen LogP contribution in [0.5, 0.6) is 0 Å². The monoisotopic (exact) mass is 320 g/mol. The lowest BCUT2D eigenvalue weighted by molar-refractivity contribution is 0.0148. The van der Waals surface area contributed by atoms with Gasteiger partial charge in [-0.15, -0.1) is 35.0 Å². The maximum atomic E-state index is 5.54. The molecule has 4 rings (SSSR count). The molecule has 1 atom stereocenters. The molecule has 3 fully saturated rings. The van der Waals surface area contributed by atoms with E-state index in [0.29, 0.717) is 17.4 Å². The summed E-state index contributed by atoms with van der Waals surface area (Å²) in [6.07, 6.45) is 6.82. The number of aromatic nitrogens is 3. The van der Waals surface area contributed by atoms with E-state index in [9.17, 15) is 0 Å². The molecule has 3 aliphatic rings. The molecule has 5 nitrogen and oxygen atoms in total. The van der Waals surface area contributed by atoms with E-state index < -0.39 is 0 Å². The SMILES string of the molecule is Cl.Cl.c1nnc(C2CNCC23CCOCC3)n1C1CC1. The van der Waals surface area contributed by atoms with E-state index in [2.05, 4.69) is 20.1 Å². The van der Waals surface area contributed by atoms with Crippen LogP contribution in [0.4, 0.5) is 0 Å². The smallest absolute Gasteiger partial charge is 0.138 e. The number of rotatable bonds is 2. The Balaban J connectivity index is 0.000000735. The Kier molecular flexibility index (Phi) is 4.95. The van der Waals surface area contributed by atoms with Crippen LogP contribution in [-0.2, 0) is 4.74 Å². The molecule has 0 amide bonds. The van der Waals surface area contributed by atoms with Crippen molar-refractivity contribution in [2.24, 2.45) is 5.41 Å². The maximum Gasteiger partial charge on any atom is 0.138 e. The second-order valence-electron chi connectivity index (χ2n) is 5.99. The van der Waals surface area contributed by atoms with E-state index >= 15 is 0 Å². The highest BCUT2D eigenvalue weighted by Crippen LogP contribution is 2.47. The van der Waals surface area contributed by atoms with Crippen molar-refractivity contribution in [1.82, 2.24) is 20.1 Å². The number of nitrogens with one attached hydrogen (secondary N) is 1. The minimum atomic E-state index is 0. The molecule has 0 aromatic carbocycles. The van der Waals surface area contributed by atoms with Gasteiger partial charge in [0.2, 0.25) is 0 Å². The summed E-state index contributed by atoms with van der Waals surface area (Å²) in [5.41, 5.74) is 0.359. The Morgan fingerprint density at radius 2 is 2.00 bits per heavy atom. The third-order valence-corrected chi connectivity index (χ3v) is 4.91. The summed E-state index contributed by atoms with van der Waals surface area (Å²) in [5.74, 6) is 1.73. The topological polar surface area (TPSA) is 52.0 Å². The van der Waals surface area contributed by atoms with E-state index in [1.807, 2.05) is 6.33 Å². The molecule has 20 heavy (non-hydrogen) atoms. The summed E-state index contributed by atoms with van der Waals surface area (Å²) in [6, 6.07) is 0.674. The highest BCUT2D eigenvalue weighted by Gasteiger charge is 2.47. The van der Waals surface area contributed by atoms with E-state index in [0.717, 1.165) is 39.1 Å². The van der Waals surface area contributed by atoms with Crippen LogP contribution in [0.15, 0.2) is 6.33 Å². The first-order valence-corrected chi connectivity index (χ1v) is 7.07. The molecule has 1 spiro atoms. The lowest BCUT2D eigenvalue weighted by Gasteiger charge is -2.37. The molecule has 1 unspecified atom stereocenters. The lowest BCUT2D eigenvalue weighted by atomic mass is 9.72. The van der Waals surface area contributed by atoms with Gasteiger partial charge in [0.05, 0.1) is 0 Å². The largest absolute Gasteiger partial charge is 0.381 e. The quantitative estimate of drug-likeness (QED) is 0.904. The Labute approximate surface area is 131 Å². The highest BCUT2D eigenvalue weighted by molar-refractivity contribution is 5.85. The van der Waals surface area contributed by atoms with Crippen LogP contribution >= 0.6 is 24.8 Å². The van der Waals surface area contributed by atoms with Crippen molar-refractivity contribution in [2.75, 3.05) is 26.3 Å². The third kappa shape index (κ3) is 2.56. The van der Waals surface area contributed by atoms with Gasteiger partial charge in [-0.3, -0.25) is 0 Å². The Hall–Kier alpha value is -0.360. The van der Waals surface area contributed by atoms with Gasteiger partial charge < -0.3 is 14.6 Å². The van der Waals surface area contributed by atoms with Crippen LogP contribution in [0.1, 0.15) is 43.5 Å². The Bertz CT molecular complexity index is 443. The van der Waals surface area contributed by atoms with Gasteiger partial charge in [-0.05, 0) is 31.1 Å². The van der Waals surface area contributed by atoms with Gasteiger partial charge in [-0.2, -0.15) is 0 Å². The maximum absolute atomic E-state index is 5.54. The summed E-state index contributed by atoms with van der Waals surface area (Å²) < 4.78 is 7.87. The first-order chi connectivity index (χ1) is 8.89. The standard InChI is InChI=1S/C13H20N4O.2ClH/c1-2-10(1)17-9-15-16-12(17)11-7-14-8-13(11)3-5-18-6-4-13;;/h9-11,14H,1-8H2;2*1H. The fourth-order valence-corrected chi connectivity index (χ4v) is 3.61.